The van der Waals surface area contributed by atoms with E-state index in [0.717, 1.165) is 9.86 Å². The van der Waals surface area contributed by atoms with Gasteiger partial charge in [-0.1, -0.05) is 22.0 Å². The molecule has 1 aromatic carbocycles. The number of aromatic nitrogens is 1. The fourth-order valence-corrected chi connectivity index (χ4v) is 1.58. The molecule has 0 amide bonds. The zero-order chi connectivity index (χ0) is 8.55. The van der Waals surface area contributed by atoms with Crippen LogP contribution in [0.25, 0.3) is 10.9 Å². The summed E-state index contributed by atoms with van der Waals surface area (Å²) in [5.74, 6) is 0.216. The summed E-state index contributed by atoms with van der Waals surface area (Å²) in [7, 11) is 0. The standard InChI is InChI=1S/C9H6BrNO.Mn/c10-7-3-4-8(12)9-6(7)2-1-5-11-9;/h1-5,12H;. The van der Waals surface area contributed by atoms with Crippen molar-refractivity contribution in [2.45, 2.75) is 0 Å². The van der Waals surface area contributed by atoms with Crippen LogP contribution in [0.3, 0.4) is 0 Å². The van der Waals surface area contributed by atoms with Crippen molar-refractivity contribution in [3.05, 3.63) is 34.9 Å². The van der Waals surface area contributed by atoms with Gasteiger partial charge in [-0.3, -0.25) is 4.98 Å². The maximum absolute atomic E-state index is 9.41. The summed E-state index contributed by atoms with van der Waals surface area (Å²) in [4.78, 5) is 4.06. The second-order valence-electron chi connectivity index (χ2n) is 2.47. The Hall–Kier alpha value is -0.571. The molecule has 1 N–H and O–H groups in total. The number of rotatable bonds is 0. The Morgan fingerprint density at radius 2 is 2.00 bits per heavy atom. The van der Waals surface area contributed by atoms with Gasteiger partial charge in [-0.25, -0.2) is 0 Å². The summed E-state index contributed by atoms with van der Waals surface area (Å²) in [6, 6.07) is 7.18. The molecule has 2 rings (SSSR count). The van der Waals surface area contributed by atoms with Gasteiger partial charge in [0.25, 0.3) is 0 Å². The van der Waals surface area contributed by atoms with Crippen molar-refractivity contribution in [2.24, 2.45) is 0 Å². The maximum atomic E-state index is 9.41. The number of phenolic OH excluding ortho intramolecular Hbond substituents is 1. The predicted molar refractivity (Wildman–Crippen MR) is 51.1 cm³/mol. The summed E-state index contributed by atoms with van der Waals surface area (Å²) in [6.07, 6.45) is 1.66. The average Bonchev–Trinajstić information content (AvgIpc) is 2.12. The number of benzene rings is 1. The molecule has 4 heteroatoms. The van der Waals surface area contributed by atoms with Crippen molar-refractivity contribution in [1.82, 2.24) is 4.98 Å². The quantitative estimate of drug-likeness (QED) is 0.752. The molecule has 0 saturated heterocycles. The molecule has 1 heterocycles. The summed E-state index contributed by atoms with van der Waals surface area (Å²) in [5.41, 5.74) is 0.631. The van der Waals surface area contributed by atoms with Gasteiger partial charge in [-0.2, -0.15) is 0 Å². The third-order valence-electron chi connectivity index (χ3n) is 1.70. The molecule has 0 spiro atoms. The largest absolute Gasteiger partial charge is 0.506 e. The molecule has 0 aliphatic carbocycles. The van der Waals surface area contributed by atoms with Crippen molar-refractivity contribution in [1.29, 1.82) is 0 Å². The number of hydrogen-bond acceptors (Lipinski definition) is 2. The maximum Gasteiger partial charge on any atom is 0.141 e. The number of hydrogen-bond donors (Lipinski definition) is 1. The van der Waals surface area contributed by atoms with Crippen molar-refractivity contribution in [3.63, 3.8) is 0 Å². The summed E-state index contributed by atoms with van der Waals surface area (Å²) >= 11 is 3.38. The normalized spacial score (nSPS) is 9.62. The Balaban J connectivity index is 0.000000845. The van der Waals surface area contributed by atoms with Gasteiger partial charge in [0.2, 0.25) is 0 Å². The van der Waals surface area contributed by atoms with E-state index in [1.54, 1.807) is 18.3 Å². The zero-order valence-corrected chi connectivity index (χ0v) is 9.30. The van der Waals surface area contributed by atoms with Gasteiger partial charge in [0.1, 0.15) is 11.3 Å². The minimum Gasteiger partial charge on any atom is -0.506 e. The number of fused-ring (bicyclic) bond motifs is 1. The van der Waals surface area contributed by atoms with Gasteiger partial charge in [-0.05, 0) is 18.2 Å². The van der Waals surface area contributed by atoms with Gasteiger partial charge in [-0.15, -0.1) is 0 Å². The van der Waals surface area contributed by atoms with E-state index in [4.69, 9.17) is 0 Å². The first-order valence-corrected chi connectivity index (χ1v) is 4.30. The molecule has 0 bridgehead atoms. The number of pyridine rings is 1. The SMILES string of the molecule is Oc1ccc(Br)c2cccnc12.[Mn]. The summed E-state index contributed by atoms with van der Waals surface area (Å²) < 4.78 is 0.948. The van der Waals surface area contributed by atoms with E-state index in [2.05, 4.69) is 20.9 Å². The fraction of sp³-hybridized carbons (Fsp3) is 0. The van der Waals surface area contributed by atoms with Crippen molar-refractivity contribution < 1.29 is 22.2 Å². The van der Waals surface area contributed by atoms with E-state index >= 15 is 0 Å². The van der Waals surface area contributed by atoms with Crippen LogP contribution in [-0.4, -0.2) is 10.1 Å². The van der Waals surface area contributed by atoms with Crippen molar-refractivity contribution in [2.75, 3.05) is 0 Å². The summed E-state index contributed by atoms with van der Waals surface area (Å²) in [6.45, 7) is 0. The molecule has 2 aromatic rings. The minimum atomic E-state index is 0. The Morgan fingerprint density at radius 3 is 2.69 bits per heavy atom. The first-order chi connectivity index (χ1) is 5.79. The Kier molecular flexibility index (Phi) is 3.31. The number of nitrogens with zero attached hydrogens (tertiary/aromatic N) is 1. The third-order valence-corrected chi connectivity index (χ3v) is 2.39. The molecule has 0 saturated carbocycles. The van der Waals surface area contributed by atoms with E-state index in [1.165, 1.54) is 0 Å². The third kappa shape index (κ3) is 1.85. The fourth-order valence-electron chi connectivity index (χ4n) is 1.12. The first-order valence-electron chi connectivity index (χ1n) is 3.51. The molecule has 1 aromatic heterocycles. The molecular formula is C9H6BrMnNO. The van der Waals surface area contributed by atoms with E-state index in [-0.39, 0.29) is 22.8 Å². The molecule has 0 aliphatic rings. The number of aromatic hydroxyl groups is 1. The Morgan fingerprint density at radius 1 is 1.23 bits per heavy atom. The molecule has 1 radical (unpaired) electrons. The second kappa shape index (κ2) is 4.09. The predicted octanol–water partition coefficient (Wildman–Crippen LogP) is 2.70. The van der Waals surface area contributed by atoms with E-state index in [9.17, 15) is 5.11 Å². The van der Waals surface area contributed by atoms with Crippen LogP contribution in [0.2, 0.25) is 0 Å². The van der Waals surface area contributed by atoms with E-state index in [1.807, 2.05) is 12.1 Å². The zero-order valence-electron chi connectivity index (χ0n) is 6.54. The van der Waals surface area contributed by atoms with Gasteiger partial charge in [0.15, 0.2) is 0 Å². The van der Waals surface area contributed by atoms with Gasteiger partial charge < -0.3 is 5.11 Å². The van der Waals surface area contributed by atoms with Crippen LogP contribution in [0, 0.1) is 0 Å². The molecule has 67 valence electrons. The van der Waals surface area contributed by atoms with Gasteiger partial charge in [0.05, 0.1) is 0 Å². The van der Waals surface area contributed by atoms with Crippen molar-refractivity contribution in [3.8, 4) is 5.75 Å². The van der Waals surface area contributed by atoms with Crippen LogP contribution in [0.1, 0.15) is 0 Å². The number of phenols is 1. The Bertz CT molecular complexity index is 392. The molecule has 0 unspecified atom stereocenters. The van der Waals surface area contributed by atoms with Crippen LogP contribution in [0.15, 0.2) is 34.9 Å². The minimum absolute atomic E-state index is 0. The van der Waals surface area contributed by atoms with Gasteiger partial charge >= 0.3 is 0 Å². The van der Waals surface area contributed by atoms with E-state index in [0.29, 0.717) is 5.52 Å². The second-order valence-corrected chi connectivity index (χ2v) is 3.32. The molecule has 0 fully saturated rings. The molecule has 2 nitrogen and oxygen atoms in total. The van der Waals surface area contributed by atoms with E-state index < -0.39 is 0 Å². The number of halogens is 1. The topological polar surface area (TPSA) is 33.1 Å². The molecule has 0 aliphatic heterocycles. The molecule has 13 heavy (non-hydrogen) atoms. The Labute approximate surface area is 94.6 Å². The average molecular weight is 279 g/mol. The first kappa shape index (κ1) is 10.5. The van der Waals surface area contributed by atoms with Crippen molar-refractivity contribution >= 4 is 26.8 Å². The van der Waals surface area contributed by atoms with Gasteiger partial charge in [0, 0.05) is 33.1 Å². The smallest absolute Gasteiger partial charge is 0.141 e. The van der Waals surface area contributed by atoms with Crippen LogP contribution < -0.4 is 0 Å². The molecular weight excluding hydrogens is 273 g/mol. The van der Waals surface area contributed by atoms with Crippen LogP contribution >= 0.6 is 15.9 Å². The monoisotopic (exact) mass is 278 g/mol. The van der Waals surface area contributed by atoms with Crippen LogP contribution in [0.4, 0.5) is 0 Å². The van der Waals surface area contributed by atoms with Crippen LogP contribution in [0.5, 0.6) is 5.75 Å². The molecule has 0 atom stereocenters. The summed E-state index contributed by atoms with van der Waals surface area (Å²) in [5, 5.41) is 10.3. The van der Waals surface area contributed by atoms with Crippen LogP contribution in [-0.2, 0) is 17.1 Å².